The Morgan fingerprint density at radius 2 is 1.47 bits per heavy atom. The fourth-order valence-electron chi connectivity index (χ4n) is 2.69. The molecule has 3 aromatic rings. The highest BCUT2D eigenvalue weighted by molar-refractivity contribution is 6.22. The standard InChI is InChI=1S/C16H9NO2/c18-15-10-6-2-1-5-9(10)14-13(15)16(19)11-7-3-4-8-12(11)17-14/h1-8H,(H,17,19). The highest BCUT2D eigenvalue weighted by atomic mass is 16.1. The zero-order valence-corrected chi connectivity index (χ0v) is 9.94. The molecule has 4 rings (SSSR count). The normalized spacial score (nSPS) is 12.5. The lowest BCUT2D eigenvalue weighted by Crippen LogP contribution is -2.14. The number of nitrogens with one attached hydrogen (secondary N) is 1. The number of carbonyl (C=O) groups is 1. The molecule has 19 heavy (non-hydrogen) atoms. The lowest BCUT2D eigenvalue weighted by molar-refractivity contribution is 0.104. The molecule has 0 aliphatic heterocycles. The maximum atomic E-state index is 12.5. The number of aromatic amines is 1. The Kier molecular flexibility index (Phi) is 1.85. The van der Waals surface area contributed by atoms with E-state index in [4.69, 9.17) is 0 Å². The molecule has 0 atom stereocenters. The molecule has 1 aromatic heterocycles. The zero-order valence-electron chi connectivity index (χ0n) is 9.94. The number of carbonyl (C=O) groups excluding carboxylic acids is 1. The molecule has 0 spiro atoms. The third-order valence-corrected chi connectivity index (χ3v) is 3.58. The fourth-order valence-corrected chi connectivity index (χ4v) is 2.69. The molecule has 0 saturated heterocycles. The highest BCUT2D eigenvalue weighted by Crippen LogP contribution is 2.34. The van der Waals surface area contributed by atoms with Gasteiger partial charge < -0.3 is 4.98 Å². The summed E-state index contributed by atoms with van der Waals surface area (Å²) >= 11 is 0. The fraction of sp³-hybridized carbons (Fsp3) is 0. The number of pyridine rings is 1. The summed E-state index contributed by atoms with van der Waals surface area (Å²) in [5.41, 5.74) is 2.89. The average Bonchev–Trinajstić information content (AvgIpc) is 2.74. The summed E-state index contributed by atoms with van der Waals surface area (Å²) in [4.78, 5) is 28.0. The van der Waals surface area contributed by atoms with Gasteiger partial charge in [-0.05, 0) is 12.1 Å². The Bertz CT molecular complexity index is 906. The van der Waals surface area contributed by atoms with Crippen LogP contribution in [-0.4, -0.2) is 10.8 Å². The van der Waals surface area contributed by atoms with Crippen LogP contribution >= 0.6 is 0 Å². The van der Waals surface area contributed by atoms with Crippen molar-refractivity contribution >= 4 is 16.7 Å². The van der Waals surface area contributed by atoms with Crippen molar-refractivity contribution in [1.29, 1.82) is 0 Å². The summed E-state index contributed by atoms with van der Waals surface area (Å²) in [7, 11) is 0. The van der Waals surface area contributed by atoms with Crippen LogP contribution in [-0.2, 0) is 0 Å². The van der Waals surface area contributed by atoms with E-state index in [1.165, 1.54) is 0 Å². The number of H-pyrrole nitrogens is 1. The monoisotopic (exact) mass is 247 g/mol. The third kappa shape index (κ3) is 1.21. The van der Waals surface area contributed by atoms with Crippen LogP contribution in [0.3, 0.4) is 0 Å². The van der Waals surface area contributed by atoms with Gasteiger partial charge >= 0.3 is 0 Å². The maximum absolute atomic E-state index is 12.5. The molecule has 1 heterocycles. The molecular formula is C16H9NO2. The molecule has 0 bridgehead atoms. The molecule has 0 saturated carbocycles. The molecule has 0 unspecified atom stereocenters. The average molecular weight is 247 g/mol. The van der Waals surface area contributed by atoms with Crippen molar-refractivity contribution < 1.29 is 4.79 Å². The van der Waals surface area contributed by atoms with Crippen molar-refractivity contribution in [1.82, 2.24) is 4.98 Å². The first-order valence-corrected chi connectivity index (χ1v) is 6.06. The van der Waals surface area contributed by atoms with Crippen LogP contribution in [0.25, 0.3) is 22.2 Å². The van der Waals surface area contributed by atoms with Crippen LogP contribution in [0.2, 0.25) is 0 Å². The quantitative estimate of drug-likeness (QED) is 0.519. The Morgan fingerprint density at radius 3 is 2.32 bits per heavy atom. The molecule has 1 aliphatic carbocycles. The second-order valence-electron chi connectivity index (χ2n) is 4.62. The Morgan fingerprint density at radius 1 is 0.789 bits per heavy atom. The van der Waals surface area contributed by atoms with Gasteiger partial charge in [-0.1, -0.05) is 36.4 Å². The van der Waals surface area contributed by atoms with Gasteiger partial charge in [0.05, 0.1) is 11.3 Å². The van der Waals surface area contributed by atoms with E-state index in [2.05, 4.69) is 4.98 Å². The van der Waals surface area contributed by atoms with Gasteiger partial charge in [0, 0.05) is 22.0 Å². The van der Waals surface area contributed by atoms with E-state index in [-0.39, 0.29) is 16.8 Å². The predicted molar refractivity (Wildman–Crippen MR) is 73.4 cm³/mol. The van der Waals surface area contributed by atoms with Gasteiger partial charge in [0.25, 0.3) is 0 Å². The molecule has 1 aliphatic rings. The highest BCUT2D eigenvalue weighted by Gasteiger charge is 2.30. The Balaban J connectivity index is 2.23. The van der Waals surface area contributed by atoms with E-state index in [1.54, 1.807) is 18.2 Å². The molecule has 0 amide bonds. The summed E-state index contributed by atoms with van der Waals surface area (Å²) < 4.78 is 0. The number of hydrogen-bond donors (Lipinski definition) is 1. The first-order valence-electron chi connectivity index (χ1n) is 6.06. The number of benzene rings is 2. The summed E-state index contributed by atoms with van der Waals surface area (Å²) in [6, 6.07) is 14.6. The van der Waals surface area contributed by atoms with Crippen molar-refractivity contribution in [2.75, 3.05) is 0 Å². The first-order chi connectivity index (χ1) is 9.27. The number of fused-ring (bicyclic) bond motifs is 4. The van der Waals surface area contributed by atoms with Crippen molar-refractivity contribution in [2.24, 2.45) is 0 Å². The minimum Gasteiger partial charge on any atom is -0.354 e. The largest absolute Gasteiger partial charge is 0.354 e. The van der Waals surface area contributed by atoms with Crippen LogP contribution in [0, 0.1) is 0 Å². The third-order valence-electron chi connectivity index (χ3n) is 3.58. The van der Waals surface area contributed by atoms with E-state index in [0.717, 1.165) is 11.1 Å². The molecular weight excluding hydrogens is 238 g/mol. The van der Waals surface area contributed by atoms with E-state index >= 15 is 0 Å². The lowest BCUT2D eigenvalue weighted by Gasteiger charge is -2.03. The second kappa shape index (κ2) is 3.42. The van der Waals surface area contributed by atoms with Gasteiger partial charge in [0.15, 0.2) is 5.78 Å². The van der Waals surface area contributed by atoms with Crippen LogP contribution in [0.5, 0.6) is 0 Å². The first kappa shape index (κ1) is 10.3. The Hall–Kier alpha value is -2.68. The van der Waals surface area contributed by atoms with Gasteiger partial charge in [-0.2, -0.15) is 0 Å². The summed E-state index contributed by atoms with van der Waals surface area (Å²) in [6.45, 7) is 0. The smallest absolute Gasteiger partial charge is 0.201 e. The van der Waals surface area contributed by atoms with Crippen molar-refractivity contribution in [3.8, 4) is 11.3 Å². The molecule has 0 fully saturated rings. The number of ketones is 1. The number of rotatable bonds is 0. The van der Waals surface area contributed by atoms with Gasteiger partial charge in [-0.3, -0.25) is 9.59 Å². The summed E-state index contributed by atoms with van der Waals surface area (Å²) in [5.74, 6) is -0.183. The van der Waals surface area contributed by atoms with Gasteiger partial charge in [0.2, 0.25) is 5.43 Å². The van der Waals surface area contributed by atoms with E-state index < -0.39 is 0 Å². The molecule has 3 heteroatoms. The van der Waals surface area contributed by atoms with E-state index in [9.17, 15) is 9.59 Å². The van der Waals surface area contributed by atoms with Crippen LogP contribution < -0.4 is 5.43 Å². The van der Waals surface area contributed by atoms with E-state index in [0.29, 0.717) is 16.6 Å². The maximum Gasteiger partial charge on any atom is 0.201 e. The molecule has 0 radical (unpaired) electrons. The SMILES string of the molecule is O=C1c2ccccc2-c2[nH]c3ccccc3c(=O)c21. The predicted octanol–water partition coefficient (Wildman–Crippen LogP) is 2.74. The minimum absolute atomic E-state index is 0.183. The van der Waals surface area contributed by atoms with E-state index in [1.807, 2.05) is 30.3 Å². The zero-order chi connectivity index (χ0) is 13.0. The molecule has 3 nitrogen and oxygen atoms in total. The molecule has 1 N–H and O–H groups in total. The molecule has 90 valence electrons. The number of hydrogen-bond acceptors (Lipinski definition) is 2. The summed E-state index contributed by atoms with van der Waals surface area (Å²) in [5, 5.41) is 0.558. The van der Waals surface area contributed by atoms with Crippen LogP contribution in [0.15, 0.2) is 53.3 Å². The lowest BCUT2D eigenvalue weighted by atomic mass is 10.1. The molecule has 2 aromatic carbocycles. The topological polar surface area (TPSA) is 49.9 Å². The van der Waals surface area contributed by atoms with Gasteiger partial charge in [-0.15, -0.1) is 0 Å². The van der Waals surface area contributed by atoms with Crippen LogP contribution in [0.4, 0.5) is 0 Å². The minimum atomic E-state index is -0.189. The second-order valence-corrected chi connectivity index (χ2v) is 4.62. The van der Waals surface area contributed by atoms with Gasteiger partial charge in [-0.25, -0.2) is 0 Å². The summed E-state index contributed by atoms with van der Waals surface area (Å²) in [6.07, 6.45) is 0. The van der Waals surface area contributed by atoms with Crippen molar-refractivity contribution in [3.63, 3.8) is 0 Å². The van der Waals surface area contributed by atoms with Crippen molar-refractivity contribution in [2.45, 2.75) is 0 Å². The van der Waals surface area contributed by atoms with Crippen molar-refractivity contribution in [3.05, 3.63) is 69.9 Å². The van der Waals surface area contributed by atoms with Gasteiger partial charge in [0.1, 0.15) is 0 Å². The number of para-hydroxylation sites is 1. The Labute approximate surface area is 108 Å². The number of aromatic nitrogens is 1. The van der Waals surface area contributed by atoms with Crippen LogP contribution in [0.1, 0.15) is 15.9 Å².